The van der Waals surface area contributed by atoms with Crippen LogP contribution in [0.2, 0.25) is 50.2 Å². The molecule has 736 valence electrons. The highest BCUT2D eigenvalue weighted by molar-refractivity contribution is 8.37. The van der Waals surface area contributed by atoms with Gasteiger partial charge in [0, 0.05) is 85.2 Å². The average Bonchev–Trinajstić information content (AvgIpc) is 0.867. The van der Waals surface area contributed by atoms with Crippen molar-refractivity contribution in [3.05, 3.63) is 169 Å². The Kier molecular flexibility index (Phi) is 82.0. The summed E-state index contributed by atoms with van der Waals surface area (Å²) in [5.74, 6) is -8.27. The molecule has 0 aliphatic carbocycles. The Balaban J connectivity index is -0.000000223. The third kappa shape index (κ3) is 77.1. The van der Waals surface area contributed by atoms with Gasteiger partial charge in [0.1, 0.15) is 48.1 Å². The van der Waals surface area contributed by atoms with E-state index in [1.165, 1.54) is 72.8 Å². The fourth-order valence-corrected chi connectivity index (χ4v) is 10.4. The van der Waals surface area contributed by atoms with Gasteiger partial charge >= 0.3 is 47.8 Å². The first kappa shape index (κ1) is 140. The number of alkyl halides is 4. The van der Waals surface area contributed by atoms with E-state index in [-0.39, 0.29) is 140 Å². The minimum absolute atomic E-state index is 0. The van der Waals surface area contributed by atoms with Crippen molar-refractivity contribution in [3.63, 3.8) is 0 Å². The van der Waals surface area contributed by atoms with Crippen LogP contribution in [0.1, 0.15) is 210 Å². The van der Waals surface area contributed by atoms with Crippen molar-refractivity contribution in [1.29, 1.82) is 0 Å². The molecular formula is C83H114Cl14N6O21S6. The highest BCUT2D eigenvalue weighted by Gasteiger charge is 2.31. The molecule has 0 bridgehead atoms. The fourth-order valence-electron chi connectivity index (χ4n) is 8.49. The first-order chi connectivity index (χ1) is 58.8. The Morgan fingerprint density at radius 2 is 0.669 bits per heavy atom. The number of aromatic carboxylic acids is 1. The van der Waals surface area contributed by atoms with E-state index in [0.29, 0.717) is 50.3 Å². The number of amides is 4. The first-order valence-electron chi connectivity index (χ1n) is 37.3. The molecule has 0 unspecified atom stereocenters. The molecule has 0 aromatic heterocycles. The largest absolute Gasteiger partial charge is 0.481 e. The summed E-state index contributed by atoms with van der Waals surface area (Å²) in [5, 5.41) is 38.8. The molecule has 0 aliphatic rings. The van der Waals surface area contributed by atoms with Crippen LogP contribution in [0.4, 0.5) is 0 Å². The molecule has 0 aliphatic heterocycles. The first-order valence-corrected chi connectivity index (χ1v) is 47.2. The van der Waals surface area contributed by atoms with E-state index < -0.39 is 113 Å². The number of aliphatic carboxylic acids is 2. The van der Waals surface area contributed by atoms with Gasteiger partial charge in [0.2, 0.25) is 0 Å². The number of halogens is 14. The standard InChI is InChI=1S/C19H25Cl2NO5.C16H19Cl2NO4.C13H15Cl2NO3.C10H21NO2.C9H7Cl2NO3.C7H4Cl2O2.C6H13NO2.2CH2Cl2.CH4.S3.S2.H2S/c1-11(2)8-15(18(25)27-19(3,4)5)26-16(23)10-22-17(24)13-9-12(20)6-7-14(13)21;1-9(2)5-10(16(22)23)6-12(20)8-19-15(21)13-7-11(17)3-4-14(13)18;1-13(2,3)19-11(17)7-16-12(18)9-6-8(14)4-5-10(9)15;1-7(2)6-8(11)9(12)13-10(3,4)5;10-5-1-2-7(11)6(3-5)9(15)12-4-8(13)14;8-4-1-2-6(9)5(3-4)7(10)11;1-6(2,3)9-5(8)4-7;2*2-1-3;;1-3-2;1-2;/h6-7,9,11,15H,8,10H2,1-5H3,(H,22,24);3-4,7,9-10H,5-6,8H2,1-2H3,(H,19,21)(H,22,23);4-6H,7H2,1-3H3,(H,16,18);7-8H,6,11H2,1-5H3;1-3H,4H2,(H,12,15)(H,13,14);1-3H,(H,10,11);4,7H2,1-3H3;2*1H2;1H4;;;1H2/t15-;10-;;8-;;;;;;;;;/m01.0........./s1. The number of carbonyl (C=O) groups excluding carboxylic acids is 10. The number of carbonyl (C=O) groups is 13. The number of benzene rings is 5. The number of hydrogen-bond acceptors (Lipinski definition) is 24. The lowest BCUT2D eigenvalue weighted by Crippen LogP contribution is -2.38. The van der Waals surface area contributed by atoms with Crippen molar-refractivity contribution in [2.45, 2.75) is 192 Å². The van der Waals surface area contributed by atoms with Crippen LogP contribution in [0, 0.1) is 23.7 Å². The number of rotatable bonds is 26. The summed E-state index contributed by atoms with van der Waals surface area (Å²) in [5.41, 5.74) is 9.24. The second-order valence-corrected chi connectivity index (χ2v) is 38.1. The molecule has 5 aromatic carbocycles. The number of ether oxygens (including phenoxy) is 5. The van der Waals surface area contributed by atoms with Gasteiger partial charge in [-0.1, -0.05) is 165 Å². The summed E-state index contributed by atoms with van der Waals surface area (Å²) in [7, 11) is 0.917. The van der Waals surface area contributed by atoms with E-state index >= 15 is 0 Å². The van der Waals surface area contributed by atoms with Crippen molar-refractivity contribution in [2.24, 2.45) is 35.1 Å². The zero-order valence-corrected chi connectivity index (χ0v) is 89.2. The second-order valence-electron chi connectivity index (χ2n) is 30.5. The van der Waals surface area contributed by atoms with Crippen molar-refractivity contribution >= 4 is 307 Å². The number of nitrogens with one attached hydrogen (secondary N) is 4. The molecule has 0 heterocycles. The summed E-state index contributed by atoms with van der Waals surface area (Å²) in [4.78, 5) is 149. The van der Waals surface area contributed by atoms with Crippen LogP contribution in [0.15, 0.2) is 91.0 Å². The summed E-state index contributed by atoms with van der Waals surface area (Å²) < 4.78 is 25.5. The Labute approximate surface area is 861 Å². The molecule has 5 aromatic rings. The van der Waals surface area contributed by atoms with Gasteiger partial charge in [0.25, 0.3) is 23.6 Å². The van der Waals surface area contributed by atoms with Gasteiger partial charge in [-0.15, -0.1) is 46.4 Å². The van der Waals surface area contributed by atoms with Gasteiger partial charge in [-0.2, -0.15) is 13.5 Å². The summed E-state index contributed by atoms with van der Waals surface area (Å²) in [6, 6.07) is 21.6. The molecule has 0 radical (unpaired) electrons. The lowest BCUT2D eigenvalue weighted by molar-refractivity contribution is -0.176. The van der Waals surface area contributed by atoms with E-state index in [1.54, 1.807) is 80.5 Å². The van der Waals surface area contributed by atoms with Gasteiger partial charge < -0.3 is 71.7 Å². The maximum Gasteiger partial charge on any atom is 0.347 e. The summed E-state index contributed by atoms with van der Waals surface area (Å²) in [6.07, 6.45) is 0.249. The van der Waals surface area contributed by atoms with Gasteiger partial charge in [-0.05, 0) is 211 Å². The van der Waals surface area contributed by atoms with E-state index in [2.05, 4.69) is 66.0 Å². The topological polar surface area (TPSA) is 429 Å². The number of carboxylic acids is 3. The normalized spacial score (nSPS) is 10.9. The number of ketones is 1. The van der Waals surface area contributed by atoms with Crippen LogP contribution >= 0.6 is 176 Å². The van der Waals surface area contributed by atoms with Crippen molar-refractivity contribution < 1.29 is 101 Å². The number of Topliss-reactive ketones (excluding diaryl/α,β-unsaturated/α-hetero) is 1. The molecule has 5 rings (SSSR count). The Morgan fingerprint density at radius 1 is 0.408 bits per heavy atom. The van der Waals surface area contributed by atoms with Gasteiger partial charge in [-0.25, -0.2) is 9.59 Å². The van der Waals surface area contributed by atoms with Crippen LogP contribution < -0.4 is 32.7 Å². The molecule has 0 fully saturated rings. The van der Waals surface area contributed by atoms with Crippen LogP contribution in [0.5, 0.6) is 0 Å². The summed E-state index contributed by atoms with van der Waals surface area (Å²) >= 11 is 92.3. The van der Waals surface area contributed by atoms with Crippen molar-refractivity contribution in [2.75, 3.05) is 43.4 Å². The van der Waals surface area contributed by atoms with Crippen LogP contribution in [0.25, 0.3) is 0 Å². The zero-order chi connectivity index (χ0) is 101. The van der Waals surface area contributed by atoms with Gasteiger partial charge in [0.15, 0.2) is 11.9 Å². The quantitative estimate of drug-likeness (QED) is 0.0141. The van der Waals surface area contributed by atoms with E-state index in [9.17, 15) is 62.3 Å². The smallest absolute Gasteiger partial charge is 0.347 e. The molecule has 11 N–H and O–H groups in total. The highest BCUT2D eigenvalue weighted by Crippen LogP contribution is 2.27. The number of hydrogen-bond donors (Lipinski definition) is 9. The molecule has 4 amide bonds. The molecule has 47 heteroatoms. The molecule has 130 heavy (non-hydrogen) atoms. The monoisotopic (exact) mass is 2210 g/mol. The maximum atomic E-state index is 12.3. The Morgan fingerprint density at radius 3 is 0.923 bits per heavy atom. The van der Waals surface area contributed by atoms with E-state index in [0.717, 1.165) is 8.88 Å². The lowest BCUT2D eigenvalue weighted by atomic mass is 9.92. The average molecular weight is 2220 g/mol. The van der Waals surface area contributed by atoms with Crippen LogP contribution in [-0.2, 0) is 116 Å². The second kappa shape index (κ2) is 76.0. The predicted molar refractivity (Wildman–Crippen MR) is 543 cm³/mol. The fraction of sp³-hybridized carbons (Fsp3) is 0.482. The maximum absolute atomic E-state index is 12.3. The molecule has 27 nitrogen and oxygen atoms in total. The van der Waals surface area contributed by atoms with Gasteiger partial charge in [0.05, 0.1) is 82.6 Å². The van der Waals surface area contributed by atoms with Crippen molar-refractivity contribution in [1.82, 2.24) is 21.3 Å². The number of carboxylic acid groups (broad SMARTS) is 3. The predicted octanol–water partition coefficient (Wildman–Crippen LogP) is 20.6. The van der Waals surface area contributed by atoms with Crippen LogP contribution in [-0.4, -0.2) is 170 Å². The highest BCUT2D eigenvalue weighted by atomic mass is 35.5. The van der Waals surface area contributed by atoms with Crippen LogP contribution in [0.3, 0.4) is 0 Å². The van der Waals surface area contributed by atoms with E-state index in [4.69, 9.17) is 213 Å². The van der Waals surface area contributed by atoms with Gasteiger partial charge in [-0.3, -0.25) is 52.7 Å². The molecule has 0 saturated carbocycles. The molecule has 0 spiro atoms. The minimum atomic E-state index is -1.12. The zero-order valence-electron chi connectivity index (χ0n) is 73.6. The number of nitrogens with two attached hydrogens (primary N) is 2. The third-order valence-corrected chi connectivity index (χ3v) is 16.0. The minimum Gasteiger partial charge on any atom is -0.481 e. The Hall–Kier alpha value is -5.16. The SMILES string of the molecule is C.CC(C)(C)OC(=O)CN.CC(C)(C)OC(=O)CNC(=O)c1cc(Cl)ccc1Cl.CC(C)C[C@H](CC(=O)CNC(=O)c1cc(Cl)ccc1Cl)C(=O)O.CC(C)C[C@H](N)C(=O)OC(C)(C)C.CC(C)C[C@H](OC(=O)CNC(=O)c1cc(Cl)ccc1Cl)C(=O)OC(C)(C)C.ClCCl.ClCCl.O=C(O)CNC(=O)c1cc(Cl)ccc1Cl.O=C(O)c1cc(Cl)ccc1Cl.S.S=S.S=S=S. The lowest BCUT2D eigenvalue weighted by Gasteiger charge is -2.24. The van der Waals surface area contributed by atoms with Crippen molar-refractivity contribution in [3.8, 4) is 0 Å². The molecule has 3 atom stereocenters. The molecular weight excluding hydrogens is 2110 g/mol. The van der Waals surface area contributed by atoms with E-state index in [1.807, 2.05) is 62.3 Å². The Bertz CT molecular complexity index is 4390. The molecule has 0 saturated heterocycles. The summed E-state index contributed by atoms with van der Waals surface area (Å²) in [6.45, 7) is 31.6. The third-order valence-electron chi connectivity index (χ3n) is 13.1. The number of esters is 5.